The number of rotatable bonds is 2. The van der Waals surface area contributed by atoms with Crippen LogP contribution in [0.15, 0.2) is 36.4 Å². The van der Waals surface area contributed by atoms with Gasteiger partial charge in [-0.3, -0.25) is 0 Å². The number of nitrogen functional groups attached to an aromatic ring is 1. The molecule has 3 N–H and O–H groups in total. The first-order chi connectivity index (χ1) is 7.65. The lowest BCUT2D eigenvalue weighted by Crippen LogP contribution is -1.97. The van der Waals surface area contributed by atoms with Gasteiger partial charge in [-0.25, -0.2) is 9.37 Å². The van der Waals surface area contributed by atoms with E-state index >= 15 is 0 Å². The summed E-state index contributed by atoms with van der Waals surface area (Å²) in [6.45, 7) is 1.88. The molecule has 0 saturated carbocycles. The lowest BCUT2D eigenvalue weighted by atomic mass is 10.2. The predicted molar refractivity (Wildman–Crippen MR) is 63.1 cm³/mol. The predicted octanol–water partition coefficient (Wildman–Crippen LogP) is 2.85. The number of benzene rings is 1. The van der Waals surface area contributed by atoms with Crippen LogP contribution in [0.2, 0.25) is 0 Å². The van der Waals surface area contributed by atoms with Crippen LogP contribution in [0.25, 0.3) is 0 Å². The second kappa shape index (κ2) is 4.18. The van der Waals surface area contributed by atoms with Gasteiger partial charge in [0.05, 0.1) is 5.69 Å². The Morgan fingerprint density at radius 3 is 2.75 bits per heavy atom. The topological polar surface area (TPSA) is 50.9 Å². The van der Waals surface area contributed by atoms with Gasteiger partial charge in [-0.05, 0) is 37.3 Å². The highest BCUT2D eigenvalue weighted by atomic mass is 19.1. The normalized spacial score (nSPS) is 10.1. The van der Waals surface area contributed by atoms with Gasteiger partial charge in [-0.15, -0.1) is 0 Å². The summed E-state index contributed by atoms with van der Waals surface area (Å²) in [6.07, 6.45) is 0. The second-order valence-corrected chi connectivity index (χ2v) is 3.53. The number of nitrogens with two attached hydrogens (primary N) is 1. The molecule has 82 valence electrons. The van der Waals surface area contributed by atoms with E-state index in [1.54, 1.807) is 18.2 Å². The molecule has 0 aliphatic heterocycles. The number of halogens is 1. The number of pyridine rings is 1. The highest BCUT2D eigenvalue weighted by molar-refractivity contribution is 5.60. The fourth-order valence-corrected chi connectivity index (χ4v) is 1.38. The average Bonchev–Trinajstić information content (AvgIpc) is 2.22. The molecule has 0 unspecified atom stereocenters. The third-order valence-electron chi connectivity index (χ3n) is 2.14. The van der Waals surface area contributed by atoms with Crippen molar-refractivity contribution in [2.24, 2.45) is 0 Å². The van der Waals surface area contributed by atoms with Gasteiger partial charge in [-0.1, -0.05) is 6.07 Å². The van der Waals surface area contributed by atoms with Crippen molar-refractivity contribution >= 4 is 17.2 Å². The Labute approximate surface area is 93.1 Å². The van der Waals surface area contributed by atoms with Crippen molar-refractivity contribution in [3.63, 3.8) is 0 Å². The van der Waals surface area contributed by atoms with Gasteiger partial charge in [0, 0.05) is 11.4 Å². The molecule has 3 nitrogen and oxygen atoms in total. The Balaban J connectivity index is 2.27. The summed E-state index contributed by atoms with van der Waals surface area (Å²) >= 11 is 0. The summed E-state index contributed by atoms with van der Waals surface area (Å²) in [4.78, 5) is 4.22. The van der Waals surface area contributed by atoms with Crippen molar-refractivity contribution in [1.82, 2.24) is 4.98 Å². The van der Waals surface area contributed by atoms with E-state index in [9.17, 15) is 4.39 Å². The summed E-state index contributed by atoms with van der Waals surface area (Å²) in [7, 11) is 0. The maximum Gasteiger partial charge on any atom is 0.148 e. The molecule has 0 saturated heterocycles. The van der Waals surface area contributed by atoms with Gasteiger partial charge in [-0.2, -0.15) is 0 Å². The van der Waals surface area contributed by atoms with Gasteiger partial charge in [0.2, 0.25) is 0 Å². The van der Waals surface area contributed by atoms with Crippen molar-refractivity contribution < 1.29 is 4.39 Å². The third-order valence-corrected chi connectivity index (χ3v) is 2.14. The third kappa shape index (κ3) is 2.28. The van der Waals surface area contributed by atoms with Crippen LogP contribution in [0.4, 0.5) is 21.6 Å². The van der Waals surface area contributed by atoms with E-state index in [2.05, 4.69) is 10.3 Å². The van der Waals surface area contributed by atoms with Gasteiger partial charge in [0.15, 0.2) is 0 Å². The largest absolute Gasteiger partial charge is 0.399 e. The molecule has 16 heavy (non-hydrogen) atoms. The van der Waals surface area contributed by atoms with Crippen molar-refractivity contribution in [2.75, 3.05) is 11.1 Å². The van der Waals surface area contributed by atoms with Crippen LogP contribution >= 0.6 is 0 Å². The van der Waals surface area contributed by atoms with E-state index in [-0.39, 0.29) is 5.82 Å². The quantitative estimate of drug-likeness (QED) is 0.760. The molecule has 0 aliphatic carbocycles. The Morgan fingerprint density at radius 2 is 2.06 bits per heavy atom. The Kier molecular flexibility index (Phi) is 2.72. The molecule has 0 radical (unpaired) electrons. The minimum Gasteiger partial charge on any atom is -0.399 e. The molecule has 0 spiro atoms. The van der Waals surface area contributed by atoms with Gasteiger partial charge in [0.25, 0.3) is 0 Å². The number of anilines is 3. The summed E-state index contributed by atoms with van der Waals surface area (Å²) in [5, 5.41) is 2.90. The molecule has 1 aromatic heterocycles. The van der Waals surface area contributed by atoms with E-state index in [0.717, 1.165) is 5.69 Å². The van der Waals surface area contributed by atoms with Crippen molar-refractivity contribution in [3.8, 4) is 0 Å². The lowest BCUT2D eigenvalue weighted by Gasteiger charge is -2.07. The van der Waals surface area contributed by atoms with Crippen molar-refractivity contribution in [3.05, 3.63) is 47.9 Å². The number of nitrogens with zero attached hydrogens (tertiary/aromatic N) is 1. The van der Waals surface area contributed by atoms with E-state index in [0.29, 0.717) is 17.2 Å². The van der Waals surface area contributed by atoms with Crippen LogP contribution in [0.1, 0.15) is 5.69 Å². The standard InChI is InChI=1S/C12H12FN3/c1-8-3-2-4-12(15-8)16-11-6-5-9(14)7-10(11)13/h2-7H,14H2,1H3,(H,15,16). The first-order valence-corrected chi connectivity index (χ1v) is 4.91. The average molecular weight is 217 g/mol. The summed E-state index contributed by atoms with van der Waals surface area (Å²) in [5.41, 5.74) is 7.11. The molecule has 0 bridgehead atoms. The van der Waals surface area contributed by atoms with E-state index in [4.69, 9.17) is 5.73 Å². The van der Waals surface area contributed by atoms with Crippen LogP contribution in [-0.4, -0.2) is 4.98 Å². The molecular formula is C12H12FN3. The van der Waals surface area contributed by atoms with Crippen LogP contribution in [0, 0.1) is 12.7 Å². The molecule has 0 atom stereocenters. The first-order valence-electron chi connectivity index (χ1n) is 4.91. The fourth-order valence-electron chi connectivity index (χ4n) is 1.38. The van der Waals surface area contributed by atoms with Crippen LogP contribution in [-0.2, 0) is 0 Å². The first kappa shape index (κ1) is 10.4. The number of nitrogens with one attached hydrogen (secondary N) is 1. The SMILES string of the molecule is Cc1cccc(Nc2ccc(N)cc2F)n1. The lowest BCUT2D eigenvalue weighted by molar-refractivity contribution is 0.632. The Hall–Kier alpha value is -2.10. The number of aryl methyl sites for hydroxylation is 1. The van der Waals surface area contributed by atoms with Crippen LogP contribution in [0.3, 0.4) is 0 Å². The molecule has 2 rings (SSSR count). The fraction of sp³-hybridized carbons (Fsp3) is 0.0833. The summed E-state index contributed by atoms with van der Waals surface area (Å²) in [6, 6.07) is 10.0. The minimum atomic E-state index is -0.386. The number of hydrogen-bond donors (Lipinski definition) is 2. The maximum absolute atomic E-state index is 13.5. The zero-order valence-electron chi connectivity index (χ0n) is 8.87. The monoisotopic (exact) mass is 217 g/mol. The van der Waals surface area contributed by atoms with Gasteiger partial charge < -0.3 is 11.1 Å². The smallest absolute Gasteiger partial charge is 0.148 e. The Morgan fingerprint density at radius 1 is 1.25 bits per heavy atom. The summed E-state index contributed by atoms with van der Waals surface area (Å²) in [5.74, 6) is 0.229. The van der Waals surface area contributed by atoms with E-state index in [1.165, 1.54) is 6.07 Å². The van der Waals surface area contributed by atoms with Crippen molar-refractivity contribution in [2.45, 2.75) is 6.92 Å². The highest BCUT2D eigenvalue weighted by Crippen LogP contribution is 2.20. The van der Waals surface area contributed by atoms with Gasteiger partial charge in [0.1, 0.15) is 11.6 Å². The summed E-state index contributed by atoms with van der Waals surface area (Å²) < 4.78 is 13.5. The van der Waals surface area contributed by atoms with Crippen LogP contribution < -0.4 is 11.1 Å². The Bertz CT molecular complexity index is 511. The molecule has 0 aliphatic rings. The zero-order chi connectivity index (χ0) is 11.5. The van der Waals surface area contributed by atoms with E-state index in [1.807, 2.05) is 19.1 Å². The molecule has 0 fully saturated rings. The van der Waals surface area contributed by atoms with Crippen molar-refractivity contribution in [1.29, 1.82) is 0 Å². The molecule has 2 aromatic rings. The number of hydrogen-bond acceptors (Lipinski definition) is 3. The zero-order valence-corrected chi connectivity index (χ0v) is 8.87. The molecule has 1 aromatic carbocycles. The molecule has 4 heteroatoms. The highest BCUT2D eigenvalue weighted by Gasteiger charge is 2.03. The maximum atomic E-state index is 13.5. The molecule has 1 heterocycles. The minimum absolute atomic E-state index is 0.368. The van der Waals surface area contributed by atoms with E-state index < -0.39 is 0 Å². The molecular weight excluding hydrogens is 205 g/mol. The number of aromatic nitrogens is 1. The second-order valence-electron chi connectivity index (χ2n) is 3.53. The van der Waals surface area contributed by atoms with Crippen LogP contribution in [0.5, 0.6) is 0 Å². The molecule has 0 amide bonds. The van der Waals surface area contributed by atoms with Gasteiger partial charge >= 0.3 is 0 Å².